The Hall–Kier alpha value is -2.35. The Balaban J connectivity index is 1.38. The van der Waals surface area contributed by atoms with E-state index >= 15 is 0 Å². The van der Waals surface area contributed by atoms with Crippen LogP contribution in [0.1, 0.15) is 76.8 Å². The van der Waals surface area contributed by atoms with E-state index in [0.29, 0.717) is 17.9 Å². The average molecular weight is 446 g/mol. The molecule has 0 radical (unpaired) electrons. The van der Waals surface area contributed by atoms with Gasteiger partial charge in [0, 0.05) is 23.0 Å². The van der Waals surface area contributed by atoms with E-state index < -0.39 is 10.0 Å². The molecule has 0 atom stereocenters. The number of hydrogen-bond donors (Lipinski definition) is 2. The van der Waals surface area contributed by atoms with Gasteiger partial charge in [0.2, 0.25) is 10.0 Å². The van der Waals surface area contributed by atoms with Gasteiger partial charge in [0.05, 0.1) is 5.75 Å². The Morgan fingerprint density at radius 3 is 2.16 bits per heavy atom. The van der Waals surface area contributed by atoms with Gasteiger partial charge in [-0.05, 0) is 37.6 Å². The van der Waals surface area contributed by atoms with E-state index in [1.807, 2.05) is 25.1 Å². The van der Waals surface area contributed by atoms with Crippen LogP contribution < -0.4 is 4.72 Å². The molecule has 170 valence electrons. The lowest BCUT2D eigenvalue weighted by Crippen LogP contribution is -2.16. The highest BCUT2D eigenvalue weighted by Crippen LogP contribution is 2.20. The summed E-state index contributed by atoms with van der Waals surface area (Å²) in [5.74, 6) is 0.767. The van der Waals surface area contributed by atoms with Crippen LogP contribution in [0.3, 0.4) is 0 Å². The molecule has 0 aliphatic heterocycles. The van der Waals surface area contributed by atoms with E-state index in [1.54, 1.807) is 16.8 Å². The number of rotatable bonds is 14. The van der Waals surface area contributed by atoms with Gasteiger partial charge in [-0.15, -0.1) is 5.10 Å². The van der Waals surface area contributed by atoms with Gasteiger partial charge in [0.1, 0.15) is 0 Å². The van der Waals surface area contributed by atoms with Crippen molar-refractivity contribution in [1.82, 2.24) is 19.8 Å². The molecule has 0 spiro atoms. The Morgan fingerprint density at radius 1 is 0.935 bits per heavy atom. The molecule has 0 unspecified atom stereocenters. The van der Waals surface area contributed by atoms with E-state index in [2.05, 4.69) is 26.8 Å². The molecule has 8 heteroatoms. The van der Waals surface area contributed by atoms with Crippen LogP contribution in [-0.4, -0.2) is 34.0 Å². The predicted octanol–water partition coefficient (Wildman–Crippen LogP) is 5.70. The first-order chi connectivity index (χ1) is 15.0. The lowest BCUT2D eigenvalue weighted by molar-refractivity contribution is 0.558. The minimum absolute atomic E-state index is 0.165. The minimum Gasteiger partial charge on any atom is -0.284 e. The number of nitrogens with zero attached hydrogens (tertiary/aromatic N) is 3. The first kappa shape index (κ1) is 23.3. The van der Waals surface area contributed by atoms with Gasteiger partial charge < -0.3 is 0 Å². The summed E-state index contributed by atoms with van der Waals surface area (Å²) in [7, 11) is -3.33. The van der Waals surface area contributed by atoms with Gasteiger partial charge in [-0.25, -0.2) is 13.4 Å². The second kappa shape index (κ2) is 11.3. The number of H-pyrrole nitrogens is 1. The quantitative estimate of drug-likeness (QED) is 0.312. The smallest absolute Gasteiger partial charge is 0.232 e. The summed E-state index contributed by atoms with van der Waals surface area (Å²) in [6, 6.07) is 9.10. The molecule has 3 rings (SSSR count). The van der Waals surface area contributed by atoms with Crippen molar-refractivity contribution in [3.63, 3.8) is 0 Å². The predicted molar refractivity (Wildman–Crippen MR) is 127 cm³/mol. The molecule has 0 amide bonds. The van der Waals surface area contributed by atoms with Crippen LogP contribution in [0.5, 0.6) is 0 Å². The minimum atomic E-state index is -3.33. The topological polar surface area (TPSA) is 92.1 Å². The van der Waals surface area contributed by atoms with Crippen molar-refractivity contribution in [2.45, 2.75) is 78.1 Å². The lowest BCUT2D eigenvalue weighted by atomic mass is 10.1. The Bertz CT molecular complexity index is 1010. The highest BCUT2D eigenvalue weighted by molar-refractivity contribution is 7.92. The maximum atomic E-state index is 12.4. The first-order valence-corrected chi connectivity index (χ1v) is 13.2. The Morgan fingerprint density at radius 2 is 1.55 bits per heavy atom. The normalized spacial score (nSPS) is 11.9. The Labute approximate surface area is 185 Å². The van der Waals surface area contributed by atoms with Gasteiger partial charge in [-0.2, -0.15) is 4.63 Å². The van der Waals surface area contributed by atoms with Gasteiger partial charge in [0.15, 0.2) is 11.5 Å². The second-order valence-electron chi connectivity index (χ2n) is 8.32. The number of unbranched alkanes of at least 4 members (excludes halogenated alkanes) is 9. The molecular weight excluding hydrogens is 410 g/mol. The number of aromatic amines is 1. The van der Waals surface area contributed by atoms with Crippen LogP contribution in [0.15, 0.2) is 30.3 Å². The van der Waals surface area contributed by atoms with E-state index in [0.717, 1.165) is 29.7 Å². The van der Waals surface area contributed by atoms with E-state index in [1.165, 1.54) is 44.9 Å². The van der Waals surface area contributed by atoms with Gasteiger partial charge >= 0.3 is 0 Å². The molecule has 0 aliphatic carbocycles. The van der Waals surface area contributed by atoms with Crippen molar-refractivity contribution in [3.05, 3.63) is 36.0 Å². The monoisotopic (exact) mass is 445 g/mol. The molecule has 1 aromatic carbocycles. The van der Waals surface area contributed by atoms with Crippen molar-refractivity contribution in [1.29, 1.82) is 0 Å². The summed E-state index contributed by atoms with van der Waals surface area (Å²) in [4.78, 5) is 4.48. The molecule has 2 heterocycles. The second-order valence-corrected chi connectivity index (χ2v) is 10.2. The highest BCUT2D eigenvalue weighted by atomic mass is 32.2. The van der Waals surface area contributed by atoms with E-state index in [4.69, 9.17) is 0 Å². The van der Waals surface area contributed by atoms with Crippen molar-refractivity contribution in [2.24, 2.45) is 0 Å². The molecule has 0 aliphatic rings. The standard InChI is InChI=1S/C23H35N5O2S/c1-3-4-5-6-7-8-9-10-11-12-17-31(29,30)27-21-15-13-20(14-16-21)23-24-22-18-19(2)25-28(22)26-23/h13-16,18,25,27H,3-12,17H2,1-2H3. The molecule has 0 saturated carbocycles. The summed E-state index contributed by atoms with van der Waals surface area (Å²) in [5.41, 5.74) is 3.16. The van der Waals surface area contributed by atoms with Gasteiger partial charge in [-0.3, -0.25) is 9.82 Å². The number of hydrogen-bond acceptors (Lipinski definition) is 4. The van der Waals surface area contributed by atoms with Crippen LogP contribution in [-0.2, 0) is 10.0 Å². The van der Waals surface area contributed by atoms with Crippen molar-refractivity contribution < 1.29 is 8.42 Å². The summed E-state index contributed by atoms with van der Waals surface area (Å²) in [6.45, 7) is 4.19. The molecule has 0 bridgehead atoms. The maximum Gasteiger partial charge on any atom is 0.232 e. The van der Waals surface area contributed by atoms with Crippen LogP contribution in [0.25, 0.3) is 17.0 Å². The third-order valence-electron chi connectivity index (χ3n) is 5.44. The van der Waals surface area contributed by atoms with Crippen LogP contribution in [0.2, 0.25) is 0 Å². The number of benzene rings is 1. The average Bonchev–Trinajstić information content (AvgIpc) is 3.27. The third kappa shape index (κ3) is 7.38. The summed E-state index contributed by atoms with van der Waals surface area (Å²) in [5, 5.41) is 7.50. The fraction of sp³-hybridized carbons (Fsp3) is 0.565. The molecular formula is C23H35N5O2S. The maximum absolute atomic E-state index is 12.4. The molecule has 7 nitrogen and oxygen atoms in total. The zero-order chi connectivity index (χ0) is 22.1. The van der Waals surface area contributed by atoms with Gasteiger partial charge in [-0.1, -0.05) is 64.7 Å². The fourth-order valence-electron chi connectivity index (χ4n) is 3.71. The van der Waals surface area contributed by atoms with Crippen molar-refractivity contribution >= 4 is 21.4 Å². The van der Waals surface area contributed by atoms with Crippen LogP contribution in [0, 0.1) is 6.92 Å². The lowest BCUT2D eigenvalue weighted by Gasteiger charge is -2.08. The number of sulfonamides is 1. The summed E-state index contributed by atoms with van der Waals surface area (Å²) < 4.78 is 29.0. The molecule has 0 fully saturated rings. The van der Waals surface area contributed by atoms with Crippen molar-refractivity contribution in [3.8, 4) is 11.4 Å². The molecule has 3 aromatic rings. The first-order valence-electron chi connectivity index (χ1n) is 11.5. The van der Waals surface area contributed by atoms with E-state index in [9.17, 15) is 8.42 Å². The molecule has 31 heavy (non-hydrogen) atoms. The Kier molecular flexibility index (Phi) is 8.51. The SMILES string of the molecule is CCCCCCCCCCCCS(=O)(=O)Nc1ccc(-c2nc3cc(C)[nH]n3n2)cc1. The number of aryl methyl sites for hydroxylation is 1. The molecule has 0 saturated heterocycles. The third-order valence-corrected chi connectivity index (χ3v) is 6.82. The number of aromatic nitrogens is 4. The van der Waals surface area contributed by atoms with Crippen molar-refractivity contribution in [2.75, 3.05) is 10.5 Å². The van der Waals surface area contributed by atoms with Gasteiger partial charge in [0.25, 0.3) is 0 Å². The molecule has 2 aromatic heterocycles. The molecule has 2 N–H and O–H groups in total. The zero-order valence-corrected chi connectivity index (χ0v) is 19.5. The number of fused-ring (bicyclic) bond motifs is 1. The summed E-state index contributed by atoms with van der Waals surface area (Å²) >= 11 is 0. The van der Waals surface area contributed by atoms with Crippen LogP contribution >= 0.6 is 0 Å². The number of nitrogens with one attached hydrogen (secondary N) is 2. The number of anilines is 1. The van der Waals surface area contributed by atoms with Crippen LogP contribution in [0.4, 0.5) is 5.69 Å². The largest absolute Gasteiger partial charge is 0.284 e. The summed E-state index contributed by atoms with van der Waals surface area (Å²) in [6.07, 6.45) is 11.9. The zero-order valence-electron chi connectivity index (χ0n) is 18.7. The van der Waals surface area contributed by atoms with E-state index in [-0.39, 0.29) is 5.75 Å². The highest BCUT2D eigenvalue weighted by Gasteiger charge is 2.12. The fourth-order valence-corrected chi connectivity index (χ4v) is 4.89.